The van der Waals surface area contributed by atoms with E-state index in [1.807, 2.05) is 36.4 Å². The maximum absolute atomic E-state index is 12.4. The lowest BCUT2D eigenvalue weighted by atomic mass is 9.97. The highest BCUT2D eigenvalue weighted by molar-refractivity contribution is 6.10. The van der Waals surface area contributed by atoms with Gasteiger partial charge < -0.3 is 9.84 Å². The number of hydrogen-bond acceptors (Lipinski definition) is 5. The zero-order valence-electron chi connectivity index (χ0n) is 17.0. The number of methoxy groups -OCH3 is 1. The first-order valence-corrected chi connectivity index (χ1v) is 9.91. The molecule has 0 saturated heterocycles. The normalized spacial score (nSPS) is 10.8. The number of amides is 1. The Balaban J connectivity index is 1.98. The van der Waals surface area contributed by atoms with E-state index in [1.165, 1.54) is 7.11 Å². The smallest absolute Gasteiger partial charge is 0.279 e. The number of allylic oxidation sites excluding steroid dienone is 1. The van der Waals surface area contributed by atoms with Crippen LogP contribution in [0.3, 0.4) is 0 Å². The van der Waals surface area contributed by atoms with Crippen LogP contribution in [0.1, 0.15) is 41.6 Å². The molecule has 2 aromatic carbocycles. The molecule has 0 aliphatic carbocycles. The molecule has 3 rings (SSSR count). The number of ether oxygens (including phenoxy) is 1. The number of hydroxylamine groups is 1. The summed E-state index contributed by atoms with van der Waals surface area (Å²) < 4.78 is 5.54. The Labute approximate surface area is 175 Å². The van der Waals surface area contributed by atoms with Gasteiger partial charge in [-0.1, -0.05) is 55.5 Å². The zero-order valence-corrected chi connectivity index (χ0v) is 17.0. The van der Waals surface area contributed by atoms with E-state index in [-0.39, 0.29) is 12.2 Å². The van der Waals surface area contributed by atoms with Crippen molar-refractivity contribution in [3.05, 3.63) is 66.2 Å². The van der Waals surface area contributed by atoms with Gasteiger partial charge in [0.25, 0.3) is 5.91 Å². The van der Waals surface area contributed by atoms with Gasteiger partial charge in [0.1, 0.15) is 5.69 Å². The summed E-state index contributed by atoms with van der Waals surface area (Å²) in [5.41, 5.74) is 5.96. The summed E-state index contributed by atoms with van der Waals surface area (Å²) in [6.45, 7) is 4.38. The summed E-state index contributed by atoms with van der Waals surface area (Å²) in [5.74, 6) is -0.351. The Hall–Kier alpha value is -3.22. The third-order valence-electron chi connectivity index (χ3n) is 5.08. The van der Waals surface area contributed by atoms with Crippen LogP contribution in [0.25, 0.3) is 27.7 Å². The molecule has 0 atom stereocenters. The summed E-state index contributed by atoms with van der Waals surface area (Å²) in [6, 6.07) is 15.0. The molecule has 1 aromatic heterocycles. The molecule has 30 heavy (non-hydrogen) atoms. The predicted molar refractivity (Wildman–Crippen MR) is 118 cm³/mol. The lowest BCUT2D eigenvalue weighted by molar-refractivity contribution is 0.0705. The monoisotopic (exact) mass is 406 g/mol. The minimum atomic E-state index is -0.653. The highest BCUT2D eigenvalue weighted by Gasteiger charge is 2.22. The molecule has 0 aliphatic heterocycles. The predicted octanol–water partition coefficient (Wildman–Crippen LogP) is 4.60. The largest absolute Gasteiger partial charge is 0.494 e. The molecule has 3 aromatic rings. The second-order valence-electron chi connectivity index (χ2n) is 7.04. The Morgan fingerprint density at radius 3 is 2.50 bits per heavy atom. The van der Waals surface area contributed by atoms with E-state index in [0.29, 0.717) is 22.3 Å². The fourth-order valence-corrected chi connectivity index (χ4v) is 3.51. The van der Waals surface area contributed by atoms with E-state index in [4.69, 9.17) is 14.8 Å². The summed E-state index contributed by atoms with van der Waals surface area (Å²) in [6.07, 6.45) is 3.64. The van der Waals surface area contributed by atoms with E-state index < -0.39 is 5.91 Å². The minimum absolute atomic E-state index is 0.220. The van der Waals surface area contributed by atoms with Crippen LogP contribution >= 0.6 is 0 Å². The molecule has 0 fully saturated rings. The molecule has 156 valence electrons. The van der Waals surface area contributed by atoms with Crippen LogP contribution in [0.2, 0.25) is 0 Å². The van der Waals surface area contributed by atoms with Crippen molar-refractivity contribution in [3.63, 3.8) is 0 Å². The Kier molecular flexibility index (Phi) is 7.17. The summed E-state index contributed by atoms with van der Waals surface area (Å²) in [4.78, 5) is 17.1. The molecular weight excluding hydrogens is 380 g/mol. The first-order chi connectivity index (χ1) is 14.6. The molecule has 6 heteroatoms. The van der Waals surface area contributed by atoms with Crippen LogP contribution in [0.5, 0.6) is 5.75 Å². The van der Waals surface area contributed by atoms with E-state index in [2.05, 4.69) is 6.58 Å². The molecule has 0 unspecified atom stereocenters. The maximum Gasteiger partial charge on any atom is 0.279 e. The number of nitrogens with zero attached hydrogens (tertiary/aromatic N) is 1. The first kappa shape index (κ1) is 21.5. The highest BCUT2D eigenvalue weighted by Crippen LogP contribution is 2.36. The molecule has 1 amide bonds. The average Bonchev–Trinajstić information content (AvgIpc) is 2.80. The third kappa shape index (κ3) is 4.50. The van der Waals surface area contributed by atoms with Crippen molar-refractivity contribution in [2.45, 2.75) is 25.7 Å². The summed E-state index contributed by atoms with van der Waals surface area (Å²) >= 11 is 0. The van der Waals surface area contributed by atoms with Gasteiger partial charge in [0.05, 0.1) is 18.2 Å². The van der Waals surface area contributed by atoms with Gasteiger partial charge in [-0.3, -0.25) is 10.0 Å². The number of pyridine rings is 1. The first-order valence-electron chi connectivity index (χ1n) is 9.91. The number of nitrogens with one attached hydrogen (secondary N) is 1. The van der Waals surface area contributed by atoms with Gasteiger partial charge in [-0.05, 0) is 36.5 Å². The third-order valence-corrected chi connectivity index (χ3v) is 5.08. The Bertz CT molecular complexity index is 1050. The number of unbranched alkanes of at least 4 members (excludes halogenated alkanes) is 2. The van der Waals surface area contributed by atoms with Crippen molar-refractivity contribution in [2.24, 2.45) is 0 Å². The van der Waals surface area contributed by atoms with Crippen LogP contribution in [-0.2, 0) is 0 Å². The molecule has 0 saturated carbocycles. The molecule has 0 radical (unpaired) electrons. The van der Waals surface area contributed by atoms with Crippen molar-refractivity contribution in [1.29, 1.82) is 0 Å². The molecule has 0 bridgehead atoms. The van der Waals surface area contributed by atoms with E-state index in [9.17, 15) is 10.0 Å². The van der Waals surface area contributed by atoms with Crippen LogP contribution in [0.15, 0.2) is 55.1 Å². The average molecular weight is 406 g/mol. The van der Waals surface area contributed by atoms with Gasteiger partial charge in [0, 0.05) is 17.6 Å². The standard InChI is InChI=1S/C24H26N2O4/c1-16(8-4-3-7-15-27)17-11-13-18(14-12-17)22-23(30-2)21(24(28)26-29)19-9-5-6-10-20(19)25-22/h5-6,9-14,27,29H,1,3-4,7-8,15H2,2H3,(H,26,28). The number of rotatable bonds is 9. The number of aliphatic hydroxyl groups is 1. The Morgan fingerprint density at radius 2 is 1.83 bits per heavy atom. The number of hydrogen-bond donors (Lipinski definition) is 3. The molecular formula is C24H26N2O4. The number of para-hydroxylation sites is 1. The van der Waals surface area contributed by atoms with Crippen LogP contribution in [0, 0.1) is 0 Å². The van der Waals surface area contributed by atoms with E-state index in [0.717, 1.165) is 42.4 Å². The molecule has 3 N–H and O–H groups in total. The number of carbonyl (C=O) groups is 1. The van der Waals surface area contributed by atoms with Crippen molar-refractivity contribution < 1.29 is 19.8 Å². The van der Waals surface area contributed by atoms with Crippen molar-refractivity contribution >= 4 is 22.4 Å². The highest BCUT2D eigenvalue weighted by atomic mass is 16.5. The van der Waals surface area contributed by atoms with Crippen molar-refractivity contribution in [3.8, 4) is 17.0 Å². The summed E-state index contributed by atoms with van der Waals surface area (Å²) in [5, 5.41) is 18.7. The van der Waals surface area contributed by atoms with Gasteiger partial charge >= 0.3 is 0 Å². The lowest BCUT2D eigenvalue weighted by Gasteiger charge is -2.15. The minimum Gasteiger partial charge on any atom is -0.494 e. The van der Waals surface area contributed by atoms with Crippen molar-refractivity contribution in [2.75, 3.05) is 13.7 Å². The molecule has 0 spiro atoms. The number of benzene rings is 2. The fraction of sp³-hybridized carbons (Fsp3) is 0.250. The lowest BCUT2D eigenvalue weighted by Crippen LogP contribution is -2.20. The second-order valence-corrected chi connectivity index (χ2v) is 7.04. The zero-order chi connectivity index (χ0) is 21.5. The number of carbonyl (C=O) groups excluding carboxylic acids is 1. The number of fused-ring (bicyclic) bond motifs is 1. The maximum atomic E-state index is 12.4. The SMILES string of the molecule is C=C(CCCCCO)c1ccc(-c2nc3ccccc3c(C(=O)NO)c2OC)cc1. The van der Waals surface area contributed by atoms with Crippen LogP contribution < -0.4 is 10.2 Å². The van der Waals surface area contributed by atoms with Gasteiger partial charge in [-0.25, -0.2) is 10.5 Å². The number of aromatic nitrogens is 1. The molecule has 0 aliphatic rings. The van der Waals surface area contributed by atoms with Crippen LogP contribution in [0.4, 0.5) is 0 Å². The Morgan fingerprint density at radius 1 is 1.10 bits per heavy atom. The second kappa shape index (κ2) is 10.0. The van der Waals surface area contributed by atoms with Gasteiger partial charge in [0.2, 0.25) is 0 Å². The summed E-state index contributed by atoms with van der Waals surface area (Å²) in [7, 11) is 1.48. The fourth-order valence-electron chi connectivity index (χ4n) is 3.51. The van der Waals surface area contributed by atoms with Gasteiger partial charge in [0.15, 0.2) is 5.75 Å². The quantitative estimate of drug-likeness (QED) is 0.274. The molecule has 6 nitrogen and oxygen atoms in total. The van der Waals surface area contributed by atoms with Crippen molar-refractivity contribution in [1.82, 2.24) is 10.5 Å². The number of aliphatic hydroxyl groups excluding tert-OH is 1. The molecule has 1 heterocycles. The van der Waals surface area contributed by atoms with E-state index in [1.54, 1.807) is 17.6 Å². The van der Waals surface area contributed by atoms with Gasteiger partial charge in [-0.15, -0.1) is 0 Å². The topological polar surface area (TPSA) is 91.7 Å². The van der Waals surface area contributed by atoms with E-state index >= 15 is 0 Å². The van der Waals surface area contributed by atoms with Gasteiger partial charge in [-0.2, -0.15) is 0 Å². The van der Waals surface area contributed by atoms with Crippen LogP contribution in [-0.4, -0.2) is 34.9 Å².